The zero-order valence-electron chi connectivity index (χ0n) is 14.6. The second-order valence-corrected chi connectivity index (χ2v) is 9.85. The molecule has 4 aliphatic carbocycles. The van der Waals surface area contributed by atoms with E-state index in [1.807, 2.05) is 0 Å². The molecule has 0 saturated heterocycles. The summed E-state index contributed by atoms with van der Waals surface area (Å²) >= 11 is 0. The average Bonchev–Trinajstić information content (AvgIpc) is 2.70. The van der Waals surface area contributed by atoms with Crippen molar-refractivity contribution in [2.45, 2.75) is 90.3 Å². The number of hydrogen-bond acceptors (Lipinski definition) is 2. The fourth-order valence-corrected chi connectivity index (χ4v) is 7.48. The van der Waals surface area contributed by atoms with Crippen LogP contribution in [0.25, 0.3) is 0 Å². The Morgan fingerprint density at radius 2 is 1.55 bits per heavy atom. The third-order valence-electron chi connectivity index (χ3n) is 9.20. The molecule has 2 heteroatoms. The molecule has 4 rings (SSSR count). The van der Waals surface area contributed by atoms with Crippen molar-refractivity contribution in [2.75, 3.05) is 0 Å². The highest BCUT2D eigenvalue weighted by atomic mass is 16.3. The molecule has 0 amide bonds. The van der Waals surface area contributed by atoms with E-state index in [0.29, 0.717) is 5.41 Å². The maximum Gasteiger partial charge on any atom is 0.0675 e. The standard InChI is InChI=1S/C20H34O2/c1-18-9-6-14(21)12-13(18)4-5-15-16(18)7-10-19(2)17(15)8-11-20(19,3)22/h13-17,21-22H,4-12H2,1-3H3/t13-,14-,15+,16-,17+,18+,19+,20+/m0/s1. The molecule has 0 heterocycles. The number of hydrogen-bond donors (Lipinski definition) is 2. The van der Waals surface area contributed by atoms with Gasteiger partial charge < -0.3 is 10.2 Å². The van der Waals surface area contributed by atoms with Gasteiger partial charge in [0.1, 0.15) is 0 Å². The van der Waals surface area contributed by atoms with Gasteiger partial charge in [-0.05, 0) is 99.2 Å². The van der Waals surface area contributed by atoms with Crippen LogP contribution in [0.3, 0.4) is 0 Å². The highest BCUT2D eigenvalue weighted by Crippen LogP contribution is 2.68. The molecular formula is C20H34O2. The van der Waals surface area contributed by atoms with Gasteiger partial charge in [0.15, 0.2) is 0 Å². The predicted molar refractivity (Wildman–Crippen MR) is 88.4 cm³/mol. The van der Waals surface area contributed by atoms with E-state index in [9.17, 15) is 10.2 Å². The van der Waals surface area contributed by atoms with E-state index in [0.717, 1.165) is 42.9 Å². The molecule has 0 radical (unpaired) electrons. The van der Waals surface area contributed by atoms with Crippen LogP contribution in [0, 0.1) is 34.5 Å². The summed E-state index contributed by atoms with van der Waals surface area (Å²) in [4.78, 5) is 0. The topological polar surface area (TPSA) is 40.5 Å². The zero-order valence-corrected chi connectivity index (χ0v) is 14.6. The van der Waals surface area contributed by atoms with Crippen molar-refractivity contribution in [1.29, 1.82) is 0 Å². The van der Waals surface area contributed by atoms with Gasteiger partial charge in [0.05, 0.1) is 11.7 Å². The largest absolute Gasteiger partial charge is 0.393 e. The lowest BCUT2D eigenvalue weighted by atomic mass is 9.44. The van der Waals surface area contributed by atoms with Gasteiger partial charge in [-0.3, -0.25) is 0 Å². The molecular weight excluding hydrogens is 272 g/mol. The third-order valence-corrected chi connectivity index (χ3v) is 9.20. The molecule has 0 unspecified atom stereocenters. The van der Waals surface area contributed by atoms with E-state index in [2.05, 4.69) is 20.8 Å². The molecule has 2 N–H and O–H groups in total. The molecule has 4 aliphatic rings. The fourth-order valence-electron chi connectivity index (χ4n) is 7.48. The Morgan fingerprint density at radius 1 is 0.818 bits per heavy atom. The van der Waals surface area contributed by atoms with E-state index in [-0.39, 0.29) is 11.5 Å². The average molecular weight is 306 g/mol. The SMILES string of the molecule is C[C@@]12CC[C@H](O)C[C@@H]1CC[C@H]1[C@H]3CC[C@@](C)(O)[C@]3(C)CC[C@@H]12. The Labute approximate surface area is 135 Å². The van der Waals surface area contributed by atoms with Gasteiger partial charge in [0.2, 0.25) is 0 Å². The van der Waals surface area contributed by atoms with Crippen LogP contribution >= 0.6 is 0 Å². The first-order valence-electron chi connectivity index (χ1n) is 9.68. The molecule has 8 atom stereocenters. The van der Waals surface area contributed by atoms with Crippen molar-refractivity contribution in [2.24, 2.45) is 34.5 Å². The number of aliphatic hydroxyl groups excluding tert-OH is 1. The fraction of sp³-hybridized carbons (Fsp3) is 1.00. The molecule has 126 valence electrons. The quantitative estimate of drug-likeness (QED) is 0.706. The van der Waals surface area contributed by atoms with Gasteiger partial charge in [-0.25, -0.2) is 0 Å². The summed E-state index contributed by atoms with van der Waals surface area (Å²) < 4.78 is 0. The van der Waals surface area contributed by atoms with E-state index in [1.54, 1.807) is 0 Å². The Hall–Kier alpha value is -0.0800. The van der Waals surface area contributed by atoms with Crippen molar-refractivity contribution in [3.8, 4) is 0 Å². The Morgan fingerprint density at radius 3 is 2.32 bits per heavy atom. The lowest BCUT2D eigenvalue weighted by molar-refractivity contribution is -0.153. The molecule has 22 heavy (non-hydrogen) atoms. The van der Waals surface area contributed by atoms with E-state index < -0.39 is 5.60 Å². The normalized spacial score (nSPS) is 61.2. The van der Waals surface area contributed by atoms with E-state index >= 15 is 0 Å². The highest BCUT2D eigenvalue weighted by molar-refractivity contribution is 5.12. The van der Waals surface area contributed by atoms with Crippen molar-refractivity contribution >= 4 is 0 Å². The maximum absolute atomic E-state index is 10.9. The monoisotopic (exact) mass is 306 g/mol. The Kier molecular flexibility index (Phi) is 3.32. The molecule has 2 nitrogen and oxygen atoms in total. The van der Waals surface area contributed by atoms with Crippen molar-refractivity contribution in [1.82, 2.24) is 0 Å². The molecule has 0 spiro atoms. The van der Waals surface area contributed by atoms with Crippen LogP contribution in [0.15, 0.2) is 0 Å². The number of rotatable bonds is 0. The summed E-state index contributed by atoms with van der Waals surface area (Å²) in [6.45, 7) is 7.01. The van der Waals surface area contributed by atoms with Gasteiger partial charge in [-0.15, -0.1) is 0 Å². The Balaban J connectivity index is 1.64. The molecule has 0 aliphatic heterocycles. The molecule has 0 aromatic carbocycles. The third kappa shape index (κ3) is 1.86. The van der Waals surface area contributed by atoms with Crippen molar-refractivity contribution in [3.63, 3.8) is 0 Å². The summed E-state index contributed by atoms with van der Waals surface area (Å²) in [7, 11) is 0. The summed E-state index contributed by atoms with van der Waals surface area (Å²) in [5.41, 5.74) is 0.145. The second-order valence-electron chi connectivity index (χ2n) is 9.85. The van der Waals surface area contributed by atoms with Gasteiger partial charge in [-0.2, -0.15) is 0 Å². The smallest absolute Gasteiger partial charge is 0.0675 e. The lowest BCUT2D eigenvalue weighted by Gasteiger charge is -2.61. The number of fused-ring (bicyclic) bond motifs is 5. The zero-order chi connectivity index (χ0) is 15.8. The first kappa shape index (κ1) is 15.4. The summed E-state index contributed by atoms with van der Waals surface area (Å²) in [6, 6.07) is 0. The minimum atomic E-state index is -0.455. The summed E-state index contributed by atoms with van der Waals surface area (Å²) in [5.74, 6) is 3.13. The minimum absolute atomic E-state index is 0.0457. The van der Waals surface area contributed by atoms with Gasteiger partial charge >= 0.3 is 0 Å². The van der Waals surface area contributed by atoms with E-state index in [4.69, 9.17) is 0 Å². The molecule has 0 bridgehead atoms. The molecule has 0 aromatic rings. The highest BCUT2D eigenvalue weighted by Gasteiger charge is 2.63. The van der Waals surface area contributed by atoms with Gasteiger partial charge in [-0.1, -0.05) is 13.8 Å². The van der Waals surface area contributed by atoms with Crippen LogP contribution < -0.4 is 0 Å². The molecule has 0 aromatic heterocycles. The summed E-state index contributed by atoms with van der Waals surface area (Å²) in [5, 5.41) is 21.0. The second kappa shape index (κ2) is 4.72. The summed E-state index contributed by atoms with van der Waals surface area (Å²) in [6.07, 6.45) is 10.6. The van der Waals surface area contributed by atoms with Crippen LogP contribution in [0.4, 0.5) is 0 Å². The van der Waals surface area contributed by atoms with Crippen LogP contribution in [0.2, 0.25) is 0 Å². The van der Waals surface area contributed by atoms with Crippen LogP contribution in [0.5, 0.6) is 0 Å². The first-order chi connectivity index (χ1) is 10.3. The molecule has 4 saturated carbocycles. The van der Waals surface area contributed by atoms with Crippen molar-refractivity contribution < 1.29 is 10.2 Å². The lowest BCUT2D eigenvalue weighted by Crippen LogP contribution is -2.56. The van der Waals surface area contributed by atoms with E-state index in [1.165, 1.54) is 38.5 Å². The maximum atomic E-state index is 10.9. The van der Waals surface area contributed by atoms with Gasteiger partial charge in [0.25, 0.3) is 0 Å². The minimum Gasteiger partial charge on any atom is -0.393 e. The van der Waals surface area contributed by atoms with Crippen LogP contribution in [-0.2, 0) is 0 Å². The van der Waals surface area contributed by atoms with Crippen LogP contribution in [0.1, 0.15) is 78.6 Å². The molecule has 4 fully saturated rings. The van der Waals surface area contributed by atoms with Crippen LogP contribution in [-0.4, -0.2) is 21.9 Å². The van der Waals surface area contributed by atoms with Gasteiger partial charge in [0, 0.05) is 0 Å². The predicted octanol–water partition coefficient (Wildman–Crippen LogP) is 4.14. The van der Waals surface area contributed by atoms with Crippen molar-refractivity contribution in [3.05, 3.63) is 0 Å². The Bertz CT molecular complexity index is 459. The number of aliphatic hydroxyl groups is 2. The first-order valence-corrected chi connectivity index (χ1v) is 9.68.